The third-order valence-electron chi connectivity index (χ3n) is 4.49. The number of hydrogen-bond acceptors (Lipinski definition) is 2. The summed E-state index contributed by atoms with van der Waals surface area (Å²) in [5.74, 6) is 0.800. The van der Waals surface area contributed by atoms with E-state index < -0.39 is 0 Å². The lowest BCUT2D eigenvalue weighted by molar-refractivity contribution is 0.157. The Labute approximate surface area is 128 Å². The summed E-state index contributed by atoms with van der Waals surface area (Å²) in [4.78, 5) is 2.57. The van der Waals surface area contributed by atoms with Crippen LogP contribution in [0.3, 0.4) is 0 Å². The van der Waals surface area contributed by atoms with Gasteiger partial charge in [0.2, 0.25) is 0 Å². The highest BCUT2D eigenvalue weighted by Gasteiger charge is 2.23. The highest BCUT2D eigenvalue weighted by molar-refractivity contribution is 6.30. The summed E-state index contributed by atoms with van der Waals surface area (Å²) < 4.78 is 0. The molecule has 1 fully saturated rings. The molecule has 1 heterocycles. The molecule has 1 aliphatic rings. The molecule has 0 amide bonds. The Morgan fingerprint density at radius 3 is 2.80 bits per heavy atom. The minimum Gasteiger partial charge on any atom is -0.314 e. The van der Waals surface area contributed by atoms with Crippen LogP contribution in [0.15, 0.2) is 24.3 Å². The van der Waals surface area contributed by atoms with Gasteiger partial charge in [0.1, 0.15) is 0 Å². The summed E-state index contributed by atoms with van der Waals surface area (Å²) in [6, 6.07) is 8.79. The van der Waals surface area contributed by atoms with Gasteiger partial charge in [-0.15, -0.1) is 0 Å². The lowest BCUT2D eigenvalue weighted by atomic mass is 9.91. The zero-order valence-corrected chi connectivity index (χ0v) is 13.5. The van der Waals surface area contributed by atoms with Crippen molar-refractivity contribution >= 4 is 11.6 Å². The zero-order chi connectivity index (χ0) is 14.4. The quantitative estimate of drug-likeness (QED) is 0.862. The van der Waals surface area contributed by atoms with E-state index >= 15 is 0 Å². The van der Waals surface area contributed by atoms with Crippen LogP contribution in [0.5, 0.6) is 0 Å². The predicted octanol–water partition coefficient (Wildman–Crippen LogP) is 3.59. The molecule has 1 aliphatic heterocycles. The lowest BCUT2D eigenvalue weighted by Gasteiger charge is -2.35. The van der Waals surface area contributed by atoms with Crippen molar-refractivity contribution in [1.29, 1.82) is 0 Å². The van der Waals surface area contributed by atoms with Crippen LogP contribution in [-0.2, 0) is 6.42 Å². The van der Waals surface area contributed by atoms with Crippen LogP contribution in [0.4, 0.5) is 0 Å². The third kappa shape index (κ3) is 4.76. The lowest BCUT2D eigenvalue weighted by Crippen LogP contribution is -2.44. The van der Waals surface area contributed by atoms with Crippen LogP contribution in [0.2, 0.25) is 5.02 Å². The summed E-state index contributed by atoms with van der Waals surface area (Å²) in [6.45, 7) is 9.38. The summed E-state index contributed by atoms with van der Waals surface area (Å²) in [6.07, 6.45) is 3.79. The first-order chi connectivity index (χ1) is 9.69. The smallest absolute Gasteiger partial charge is 0.0406 e. The monoisotopic (exact) mass is 294 g/mol. The Morgan fingerprint density at radius 2 is 2.10 bits per heavy atom. The summed E-state index contributed by atoms with van der Waals surface area (Å²) in [7, 11) is 0. The van der Waals surface area contributed by atoms with Gasteiger partial charge in [-0.3, -0.25) is 0 Å². The van der Waals surface area contributed by atoms with Gasteiger partial charge in [-0.1, -0.05) is 30.7 Å². The Bertz CT molecular complexity index is 390. The Hall–Kier alpha value is -0.570. The predicted molar refractivity (Wildman–Crippen MR) is 87.5 cm³/mol. The zero-order valence-electron chi connectivity index (χ0n) is 12.7. The van der Waals surface area contributed by atoms with Gasteiger partial charge in [0.25, 0.3) is 0 Å². The number of likely N-dealkylation sites (tertiary alicyclic amines) is 1. The maximum Gasteiger partial charge on any atom is 0.0406 e. The molecule has 0 bridgehead atoms. The second kappa shape index (κ2) is 8.02. The average Bonchev–Trinajstić information content (AvgIpc) is 2.49. The second-order valence-electron chi connectivity index (χ2n) is 5.91. The van der Waals surface area contributed by atoms with E-state index in [1.54, 1.807) is 0 Å². The Morgan fingerprint density at radius 1 is 1.35 bits per heavy atom. The number of piperidine rings is 1. The first kappa shape index (κ1) is 15.8. The molecule has 0 radical (unpaired) electrons. The van der Waals surface area contributed by atoms with Gasteiger partial charge in [0.15, 0.2) is 0 Å². The summed E-state index contributed by atoms with van der Waals surface area (Å²) in [5.41, 5.74) is 1.35. The fourth-order valence-corrected chi connectivity index (χ4v) is 3.17. The standard InChI is InChI=1S/C17H27ClN2/c1-3-20-12-4-5-16(13-20)14(2)19-11-10-15-6-8-17(18)9-7-15/h6-9,14,16,19H,3-5,10-13H2,1-2H3. The Kier molecular flexibility index (Phi) is 6.34. The average molecular weight is 295 g/mol. The molecule has 0 aromatic heterocycles. The molecule has 1 saturated heterocycles. The first-order valence-electron chi connectivity index (χ1n) is 7.89. The van der Waals surface area contributed by atoms with E-state index in [0.717, 1.165) is 23.9 Å². The number of benzene rings is 1. The van der Waals surface area contributed by atoms with Crippen LogP contribution >= 0.6 is 11.6 Å². The number of rotatable bonds is 6. The van der Waals surface area contributed by atoms with E-state index in [9.17, 15) is 0 Å². The molecule has 0 saturated carbocycles. The molecule has 2 nitrogen and oxygen atoms in total. The molecule has 0 spiro atoms. The van der Waals surface area contributed by atoms with Crippen LogP contribution in [-0.4, -0.2) is 37.1 Å². The van der Waals surface area contributed by atoms with Gasteiger partial charge in [0.05, 0.1) is 0 Å². The molecule has 2 rings (SSSR count). The maximum atomic E-state index is 5.90. The van der Waals surface area contributed by atoms with Gasteiger partial charge in [-0.2, -0.15) is 0 Å². The molecule has 3 heteroatoms. The van der Waals surface area contributed by atoms with Crippen LogP contribution in [0.25, 0.3) is 0 Å². The number of nitrogens with zero attached hydrogens (tertiary/aromatic N) is 1. The van der Waals surface area contributed by atoms with Crippen molar-refractivity contribution in [3.8, 4) is 0 Å². The van der Waals surface area contributed by atoms with Crippen molar-refractivity contribution in [2.75, 3.05) is 26.2 Å². The number of nitrogens with one attached hydrogen (secondary N) is 1. The van der Waals surface area contributed by atoms with Gasteiger partial charge in [-0.25, -0.2) is 0 Å². The van der Waals surface area contributed by atoms with Crippen molar-refractivity contribution in [3.05, 3.63) is 34.9 Å². The van der Waals surface area contributed by atoms with Crippen molar-refractivity contribution in [2.45, 2.75) is 39.2 Å². The van der Waals surface area contributed by atoms with E-state index in [0.29, 0.717) is 6.04 Å². The molecule has 0 aliphatic carbocycles. The molecule has 1 aromatic carbocycles. The van der Waals surface area contributed by atoms with Gasteiger partial charge < -0.3 is 10.2 Å². The van der Waals surface area contributed by atoms with E-state index in [2.05, 4.69) is 36.2 Å². The van der Waals surface area contributed by atoms with E-state index in [4.69, 9.17) is 11.6 Å². The minimum atomic E-state index is 0.608. The summed E-state index contributed by atoms with van der Waals surface area (Å²) in [5, 5.41) is 4.52. The van der Waals surface area contributed by atoms with Crippen LogP contribution < -0.4 is 5.32 Å². The molecule has 2 unspecified atom stereocenters. The highest BCUT2D eigenvalue weighted by atomic mass is 35.5. The molecular weight excluding hydrogens is 268 g/mol. The van der Waals surface area contributed by atoms with E-state index in [-0.39, 0.29) is 0 Å². The van der Waals surface area contributed by atoms with Crippen LogP contribution in [0, 0.1) is 5.92 Å². The van der Waals surface area contributed by atoms with Gasteiger partial charge in [-0.05, 0) is 69.4 Å². The van der Waals surface area contributed by atoms with Crippen LogP contribution in [0.1, 0.15) is 32.3 Å². The first-order valence-corrected chi connectivity index (χ1v) is 8.27. The fourth-order valence-electron chi connectivity index (χ4n) is 3.05. The minimum absolute atomic E-state index is 0.608. The fraction of sp³-hybridized carbons (Fsp3) is 0.647. The molecule has 2 atom stereocenters. The number of hydrogen-bond donors (Lipinski definition) is 1. The number of halogens is 1. The normalized spacial score (nSPS) is 21.9. The van der Waals surface area contributed by atoms with Crippen molar-refractivity contribution < 1.29 is 0 Å². The van der Waals surface area contributed by atoms with E-state index in [1.165, 1.54) is 38.0 Å². The Balaban J connectivity index is 1.71. The van der Waals surface area contributed by atoms with E-state index in [1.807, 2.05) is 12.1 Å². The second-order valence-corrected chi connectivity index (χ2v) is 6.35. The molecule has 112 valence electrons. The van der Waals surface area contributed by atoms with Crippen molar-refractivity contribution in [2.24, 2.45) is 5.92 Å². The van der Waals surface area contributed by atoms with Crippen molar-refractivity contribution in [1.82, 2.24) is 10.2 Å². The summed E-state index contributed by atoms with van der Waals surface area (Å²) >= 11 is 5.90. The molecule has 1 aromatic rings. The molecule has 20 heavy (non-hydrogen) atoms. The topological polar surface area (TPSA) is 15.3 Å². The molecular formula is C17H27ClN2. The highest BCUT2D eigenvalue weighted by Crippen LogP contribution is 2.19. The third-order valence-corrected chi connectivity index (χ3v) is 4.74. The molecule has 1 N–H and O–H groups in total. The van der Waals surface area contributed by atoms with Gasteiger partial charge in [0, 0.05) is 17.6 Å². The van der Waals surface area contributed by atoms with Crippen molar-refractivity contribution in [3.63, 3.8) is 0 Å². The largest absolute Gasteiger partial charge is 0.314 e. The van der Waals surface area contributed by atoms with Gasteiger partial charge >= 0.3 is 0 Å². The SMILES string of the molecule is CCN1CCCC(C(C)NCCc2ccc(Cl)cc2)C1. The maximum absolute atomic E-state index is 5.90.